The lowest BCUT2D eigenvalue weighted by molar-refractivity contribution is 0.413. The van der Waals surface area contributed by atoms with E-state index in [1.165, 1.54) is 24.5 Å². The van der Waals surface area contributed by atoms with Gasteiger partial charge in [0.05, 0.1) is 24.2 Å². The van der Waals surface area contributed by atoms with Crippen LogP contribution in [0.2, 0.25) is 0 Å². The molecule has 0 saturated heterocycles. The highest BCUT2D eigenvalue weighted by molar-refractivity contribution is 7.13. The molecule has 0 radical (unpaired) electrons. The Morgan fingerprint density at radius 3 is 2.94 bits per heavy atom. The predicted octanol–water partition coefficient (Wildman–Crippen LogP) is 3.70. The molecule has 0 aliphatic heterocycles. The van der Waals surface area contributed by atoms with Gasteiger partial charge in [0.2, 0.25) is 0 Å². The van der Waals surface area contributed by atoms with Gasteiger partial charge < -0.3 is 4.74 Å². The molecule has 0 atom stereocenters. The molecule has 5 heteroatoms. The molecule has 16 heavy (non-hydrogen) atoms. The lowest BCUT2D eigenvalue weighted by atomic mass is 10.2. The zero-order valence-corrected chi connectivity index (χ0v) is 10.1. The predicted molar refractivity (Wildman–Crippen MR) is 63.6 cm³/mol. The summed E-state index contributed by atoms with van der Waals surface area (Å²) in [6.07, 6.45) is 0. The third kappa shape index (κ3) is 2.03. The molecule has 84 valence electrons. The first kappa shape index (κ1) is 11.4. The van der Waals surface area contributed by atoms with Crippen LogP contribution in [0, 0.1) is 5.82 Å². The van der Waals surface area contributed by atoms with E-state index in [-0.39, 0.29) is 5.82 Å². The van der Waals surface area contributed by atoms with Crippen LogP contribution in [0.3, 0.4) is 0 Å². The Morgan fingerprint density at radius 2 is 2.31 bits per heavy atom. The Labute approximate surface area is 102 Å². The van der Waals surface area contributed by atoms with Gasteiger partial charge in [0.15, 0.2) is 0 Å². The highest BCUT2D eigenvalue weighted by Crippen LogP contribution is 2.34. The molecule has 0 bridgehead atoms. The second kappa shape index (κ2) is 4.80. The highest BCUT2D eigenvalue weighted by Gasteiger charge is 2.14. The summed E-state index contributed by atoms with van der Waals surface area (Å²) in [5.41, 5.74) is 1.14. The minimum atomic E-state index is -0.338. The van der Waals surface area contributed by atoms with Crippen LogP contribution < -0.4 is 4.74 Å². The van der Waals surface area contributed by atoms with Crippen LogP contribution in [0.1, 0.15) is 5.69 Å². The number of benzene rings is 1. The number of rotatable bonds is 3. The molecule has 0 aliphatic rings. The van der Waals surface area contributed by atoms with Crippen LogP contribution in [0.15, 0.2) is 23.6 Å². The molecule has 0 amide bonds. The lowest BCUT2D eigenvalue weighted by Crippen LogP contribution is -1.91. The highest BCUT2D eigenvalue weighted by atomic mass is 35.5. The van der Waals surface area contributed by atoms with Gasteiger partial charge in [-0.15, -0.1) is 22.9 Å². The molecule has 2 aromatic rings. The number of aromatic nitrogens is 1. The van der Waals surface area contributed by atoms with Crippen LogP contribution in [-0.2, 0) is 5.88 Å². The number of halogens is 2. The Kier molecular flexibility index (Phi) is 3.41. The summed E-state index contributed by atoms with van der Waals surface area (Å²) in [6.45, 7) is 0. The maximum atomic E-state index is 13.7. The van der Waals surface area contributed by atoms with Crippen molar-refractivity contribution in [2.24, 2.45) is 0 Å². The minimum absolute atomic E-state index is 0.327. The number of nitrogens with zero attached hydrogens (tertiary/aromatic N) is 1. The maximum absolute atomic E-state index is 13.7. The number of alkyl halides is 1. The van der Waals surface area contributed by atoms with E-state index >= 15 is 0 Å². The molecule has 0 aliphatic carbocycles. The van der Waals surface area contributed by atoms with E-state index in [0.29, 0.717) is 22.2 Å². The number of hydrogen-bond donors (Lipinski definition) is 0. The summed E-state index contributed by atoms with van der Waals surface area (Å²) >= 11 is 7.02. The zero-order valence-electron chi connectivity index (χ0n) is 8.54. The van der Waals surface area contributed by atoms with Crippen molar-refractivity contribution >= 4 is 22.9 Å². The van der Waals surface area contributed by atoms with Crippen LogP contribution in [0.25, 0.3) is 10.6 Å². The third-order valence-corrected chi connectivity index (χ3v) is 3.28. The molecule has 0 fully saturated rings. The van der Waals surface area contributed by atoms with Crippen molar-refractivity contribution in [2.75, 3.05) is 7.11 Å². The summed E-state index contributed by atoms with van der Waals surface area (Å²) in [7, 11) is 1.51. The second-order valence-electron chi connectivity index (χ2n) is 3.09. The number of thiazole rings is 1. The van der Waals surface area contributed by atoms with Gasteiger partial charge in [0, 0.05) is 5.38 Å². The van der Waals surface area contributed by atoms with Crippen molar-refractivity contribution in [1.29, 1.82) is 0 Å². The molecule has 0 saturated carbocycles. The number of ether oxygens (including phenoxy) is 1. The molecular weight excluding hydrogens is 249 g/mol. The summed E-state index contributed by atoms with van der Waals surface area (Å²) < 4.78 is 18.8. The van der Waals surface area contributed by atoms with Crippen LogP contribution >= 0.6 is 22.9 Å². The van der Waals surface area contributed by atoms with Gasteiger partial charge in [-0.2, -0.15) is 0 Å². The van der Waals surface area contributed by atoms with Gasteiger partial charge in [-0.1, -0.05) is 6.07 Å². The SMILES string of the molecule is COc1cccc(F)c1-c1nc(CCl)cs1. The topological polar surface area (TPSA) is 22.1 Å². The molecule has 0 N–H and O–H groups in total. The fourth-order valence-electron chi connectivity index (χ4n) is 1.37. The second-order valence-corrected chi connectivity index (χ2v) is 4.22. The Balaban J connectivity index is 2.53. The summed E-state index contributed by atoms with van der Waals surface area (Å²) in [6, 6.07) is 4.70. The summed E-state index contributed by atoms with van der Waals surface area (Å²) in [5, 5.41) is 2.40. The molecule has 0 unspecified atom stereocenters. The van der Waals surface area contributed by atoms with Crippen molar-refractivity contribution in [3.8, 4) is 16.3 Å². The first-order valence-corrected chi connectivity index (χ1v) is 6.01. The normalized spacial score (nSPS) is 10.4. The monoisotopic (exact) mass is 257 g/mol. The largest absolute Gasteiger partial charge is 0.496 e. The number of methoxy groups -OCH3 is 1. The van der Waals surface area contributed by atoms with Gasteiger partial charge in [0.25, 0.3) is 0 Å². The van der Waals surface area contributed by atoms with E-state index in [1.54, 1.807) is 12.1 Å². The van der Waals surface area contributed by atoms with Gasteiger partial charge in [-0.3, -0.25) is 0 Å². The van der Waals surface area contributed by atoms with E-state index in [2.05, 4.69) is 4.98 Å². The standard InChI is InChI=1S/C11H9ClFNOS/c1-15-9-4-2-3-8(13)10(9)11-14-7(5-12)6-16-11/h2-4,6H,5H2,1H3. The Morgan fingerprint density at radius 1 is 1.50 bits per heavy atom. The average molecular weight is 258 g/mol. The van der Waals surface area contributed by atoms with Gasteiger partial charge in [0.1, 0.15) is 16.6 Å². The molecule has 2 nitrogen and oxygen atoms in total. The first-order valence-electron chi connectivity index (χ1n) is 4.59. The van der Waals surface area contributed by atoms with E-state index < -0.39 is 0 Å². The van der Waals surface area contributed by atoms with Gasteiger partial charge >= 0.3 is 0 Å². The summed E-state index contributed by atoms with van der Waals surface area (Å²) in [5.74, 6) is 0.470. The maximum Gasteiger partial charge on any atom is 0.137 e. The van der Waals surface area contributed by atoms with E-state index in [0.717, 1.165) is 5.69 Å². The average Bonchev–Trinajstić information content (AvgIpc) is 2.76. The zero-order chi connectivity index (χ0) is 11.5. The Bertz CT molecular complexity index is 500. The van der Waals surface area contributed by atoms with Crippen molar-refractivity contribution in [2.45, 2.75) is 5.88 Å². The third-order valence-electron chi connectivity index (χ3n) is 2.10. The van der Waals surface area contributed by atoms with Crippen molar-refractivity contribution in [3.63, 3.8) is 0 Å². The van der Waals surface area contributed by atoms with Crippen molar-refractivity contribution in [1.82, 2.24) is 4.98 Å². The molecule has 2 rings (SSSR count). The van der Waals surface area contributed by atoms with E-state index in [4.69, 9.17) is 16.3 Å². The fraction of sp³-hybridized carbons (Fsp3) is 0.182. The fourth-order valence-corrected chi connectivity index (χ4v) is 2.46. The quantitative estimate of drug-likeness (QED) is 0.783. The van der Waals surface area contributed by atoms with Crippen LogP contribution in [-0.4, -0.2) is 12.1 Å². The smallest absolute Gasteiger partial charge is 0.137 e. The van der Waals surface area contributed by atoms with Crippen LogP contribution in [0.5, 0.6) is 5.75 Å². The lowest BCUT2D eigenvalue weighted by Gasteiger charge is -2.06. The van der Waals surface area contributed by atoms with E-state index in [1.807, 2.05) is 5.38 Å². The molecule has 1 aromatic carbocycles. The van der Waals surface area contributed by atoms with Gasteiger partial charge in [-0.25, -0.2) is 9.37 Å². The van der Waals surface area contributed by atoms with Crippen LogP contribution in [0.4, 0.5) is 4.39 Å². The minimum Gasteiger partial charge on any atom is -0.496 e. The molecule has 0 spiro atoms. The Hall–Kier alpha value is -1.13. The van der Waals surface area contributed by atoms with Crippen molar-refractivity contribution < 1.29 is 9.13 Å². The molecular formula is C11H9ClFNOS. The van der Waals surface area contributed by atoms with Gasteiger partial charge in [-0.05, 0) is 12.1 Å². The number of hydrogen-bond acceptors (Lipinski definition) is 3. The van der Waals surface area contributed by atoms with Crippen molar-refractivity contribution in [3.05, 3.63) is 35.1 Å². The van der Waals surface area contributed by atoms with E-state index in [9.17, 15) is 4.39 Å². The molecule has 1 heterocycles. The summed E-state index contributed by atoms with van der Waals surface area (Å²) in [4.78, 5) is 4.23. The first-order chi connectivity index (χ1) is 7.76. The molecule has 1 aromatic heterocycles.